The third-order valence-corrected chi connectivity index (χ3v) is 8.84. The van der Waals surface area contributed by atoms with Crippen LogP contribution >= 0.6 is 0 Å². The van der Waals surface area contributed by atoms with Gasteiger partial charge in [0, 0.05) is 31.3 Å². The van der Waals surface area contributed by atoms with Gasteiger partial charge in [-0.2, -0.15) is 0 Å². The van der Waals surface area contributed by atoms with E-state index in [-0.39, 0.29) is 24.7 Å². The molecule has 8 heteroatoms. The number of aryl methyl sites for hydroxylation is 3. The van der Waals surface area contributed by atoms with E-state index < -0.39 is 0 Å². The summed E-state index contributed by atoms with van der Waals surface area (Å²) < 4.78 is 16.8. The summed E-state index contributed by atoms with van der Waals surface area (Å²) in [6.45, 7) is 10.3. The zero-order valence-corrected chi connectivity index (χ0v) is 27.8. The molecular weight excluding hydrogens is 578 g/mol. The molecule has 0 spiro atoms. The van der Waals surface area contributed by atoms with E-state index >= 15 is 0 Å². The molecule has 0 unspecified atom stereocenters. The molecule has 1 saturated heterocycles. The number of esters is 1. The van der Waals surface area contributed by atoms with Crippen LogP contribution in [0.25, 0.3) is 22.3 Å². The van der Waals surface area contributed by atoms with Gasteiger partial charge in [0.1, 0.15) is 17.7 Å². The Bertz CT molecular complexity index is 1710. The SMILES string of the molecule is COC(=O)c1ccc(-c2ccc(OC)c(-c3ccc(N4CCC4)nc3CN(C=O)[C@@H](C)[C@H](OC)c3cc(C)cc(C)c3)c2)c(C)c1. The fraction of sp³-hybridized carbons (Fsp3) is 0.342. The molecule has 8 nitrogen and oxygen atoms in total. The number of methoxy groups -OCH3 is 3. The van der Waals surface area contributed by atoms with E-state index in [0.717, 1.165) is 81.9 Å². The van der Waals surface area contributed by atoms with Crippen LogP contribution in [-0.2, 0) is 20.8 Å². The highest BCUT2D eigenvalue weighted by molar-refractivity contribution is 5.91. The summed E-state index contributed by atoms with van der Waals surface area (Å²) in [5, 5.41) is 0. The first-order chi connectivity index (χ1) is 22.2. The van der Waals surface area contributed by atoms with Crippen molar-refractivity contribution < 1.29 is 23.8 Å². The van der Waals surface area contributed by atoms with Gasteiger partial charge in [-0.3, -0.25) is 4.79 Å². The first-order valence-electron chi connectivity index (χ1n) is 15.6. The van der Waals surface area contributed by atoms with Crippen LogP contribution in [0.1, 0.15) is 57.8 Å². The fourth-order valence-electron chi connectivity index (χ4n) is 6.31. The monoisotopic (exact) mass is 621 g/mol. The summed E-state index contributed by atoms with van der Waals surface area (Å²) in [4.78, 5) is 34.0. The van der Waals surface area contributed by atoms with E-state index in [1.807, 2.05) is 44.2 Å². The molecule has 0 aliphatic carbocycles. The molecule has 240 valence electrons. The number of nitrogens with zero attached hydrogens (tertiary/aromatic N) is 3. The molecule has 3 aromatic carbocycles. The summed E-state index contributed by atoms with van der Waals surface area (Å²) in [6, 6.07) is 21.8. The van der Waals surface area contributed by atoms with E-state index in [4.69, 9.17) is 19.2 Å². The molecule has 2 atom stereocenters. The maximum Gasteiger partial charge on any atom is 0.337 e. The molecule has 0 bridgehead atoms. The summed E-state index contributed by atoms with van der Waals surface area (Å²) in [6.07, 6.45) is 1.70. The molecule has 0 saturated carbocycles. The number of rotatable bonds is 12. The largest absolute Gasteiger partial charge is 0.496 e. The van der Waals surface area contributed by atoms with Gasteiger partial charge in [0.05, 0.1) is 38.1 Å². The molecule has 1 aromatic heterocycles. The average Bonchev–Trinajstić information content (AvgIpc) is 3.02. The lowest BCUT2D eigenvalue weighted by molar-refractivity contribution is -0.123. The molecule has 2 heterocycles. The molecule has 1 fully saturated rings. The van der Waals surface area contributed by atoms with Gasteiger partial charge in [-0.1, -0.05) is 41.5 Å². The van der Waals surface area contributed by atoms with E-state index in [1.165, 1.54) is 7.11 Å². The van der Waals surface area contributed by atoms with Crippen LogP contribution in [0.5, 0.6) is 5.75 Å². The second-order valence-electron chi connectivity index (χ2n) is 12.0. The van der Waals surface area contributed by atoms with Crippen molar-refractivity contribution in [3.63, 3.8) is 0 Å². The quantitative estimate of drug-likeness (QED) is 0.124. The van der Waals surface area contributed by atoms with Crippen LogP contribution in [0.3, 0.4) is 0 Å². The van der Waals surface area contributed by atoms with Gasteiger partial charge in [0.2, 0.25) is 6.41 Å². The number of carbonyl (C=O) groups excluding carboxylic acids is 2. The lowest BCUT2D eigenvalue weighted by Gasteiger charge is -2.34. The summed E-state index contributed by atoms with van der Waals surface area (Å²) in [5.41, 5.74) is 9.26. The minimum Gasteiger partial charge on any atom is -0.496 e. The molecule has 46 heavy (non-hydrogen) atoms. The zero-order valence-electron chi connectivity index (χ0n) is 27.8. The number of hydrogen-bond donors (Lipinski definition) is 0. The Balaban J connectivity index is 1.57. The molecule has 4 aromatic rings. The number of benzene rings is 3. The van der Waals surface area contributed by atoms with Gasteiger partial charge in [-0.15, -0.1) is 0 Å². The predicted molar refractivity (Wildman–Crippen MR) is 181 cm³/mol. The van der Waals surface area contributed by atoms with Gasteiger partial charge in [-0.05, 0) is 92.8 Å². The number of amides is 1. The molecule has 1 aliphatic rings. The van der Waals surface area contributed by atoms with Crippen LogP contribution in [0.4, 0.5) is 5.82 Å². The van der Waals surface area contributed by atoms with Crippen molar-refractivity contribution in [2.75, 3.05) is 39.3 Å². The van der Waals surface area contributed by atoms with Gasteiger partial charge >= 0.3 is 5.97 Å². The van der Waals surface area contributed by atoms with Crippen molar-refractivity contribution in [2.24, 2.45) is 0 Å². The number of pyridine rings is 1. The zero-order chi connectivity index (χ0) is 33.0. The van der Waals surface area contributed by atoms with E-state index in [0.29, 0.717) is 11.3 Å². The average molecular weight is 622 g/mol. The molecule has 0 radical (unpaired) electrons. The highest BCUT2D eigenvalue weighted by atomic mass is 16.5. The Morgan fingerprint density at radius 3 is 2.22 bits per heavy atom. The second-order valence-corrected chi connectivity index (χ2v) is 12.0. The smallest absolute Gasteiger partial charge is 0.337 e. The standard InChI is InChI=1S/C38H43N3O5/c1-24-17-25(2)19-30(18-24)37(45-6)27(4)41(23-42)22-34-32(12-14-36(39-34)40-15-8-16-40)33-21-28(10-13-35(33)44-5)31-11-9-29(20-26(31)3)38(43)46-7/h9-14,17-21,23,27,37H,8,15-16,22H2,1-7H3/t27-,37-/m0/s1. The molecule has 0 N–H and O–H groups in total. The maximum absolute atomic E-state index is 12.7. The first kappa shape index (κ1) is 32.7. The number of aromatic nitrogens is 1. The summed E-state index contributed by atoms with van der Waals surface area (Å²) in [5.74, 6) is 1.22. The van der Waals surface area contributed by atoms with Crippen LogP contribution in [-0.4, -0.2) is 62.7 Å². The molecule has 1 aliphatic heterocycles. The van der Waals surface area contributed by atoms with Gasteiger partial charge in [0.15, 0.2) is 0 Å². The number of ether oxygens (including phenoxy) is 3. The highest BCUT2D eigenvalue weighted by Crippen LogP contribution is 2.38. The third kappa shape index (κ3) is 6.77. The lowest BCUT2D eigenvalue weighted by atomic mass is 9.93. The lowest BCUT2D eigenvalue weighted by Crippen LogP contribution is -2.39. The van der Waals surface area contributed by atoms with Crippen molar-refractivity contribution in [3.8, 4) is 28.0 Å². The molecule has 1 amide bonds. The maximum atomic E-state index is 12.7. The number of carbonyl (C=O) groups is 2. The van der Waals surface area contributed by atoms with Crippen molar-refractivity contribution in [1.82, 2.24) is 9.88 Å². The van der Waals surface area contributed by atoms with E-state index in [9.17, 15) is 9.59 Å². The topological polar surface area (TPSA) is 81.2 Å². The van der Waals surface area contributed by atoms with Crippen LogP contribution < -0.4 is 9.64 Å². The third-order valence-electron chi connectivity index (χ3n) is 8.84. The van der Waals surface area contributed by atoms with Crippen molar-refractivity contribution >= 4 is 18.2 Å². The predicted octanol–water partition coefficient (Wildman–Crippen LogP) is 7.08. The normalized spacial score (nSPS) is 13.8. The van der Waals surface area contributed by atoms with Crippen molar-refractivity contribution in [1.29, 1.82) is 0 Å². The van der Waals surface area contributed by atoms with Gasteiger partial charge in [0.25, 0.3) is 0 Å². The Labute approximate surface area is 271 Å². The van der Waals surface area contributed by atoms with Gasteiger partial charge < -0.3 is 24.0 Å². The van der Waals surface area contributed by atoms with E-state index in [2.05, 4.69) is 49.1 Å². The Kier molecular flexibility index (Phi) is 10.1. The van der Waals surface area contributed by atoms with Crippen LogP contribution in [0.2, 0.25) is 0 Å². The fourth-order valence-corrected chi connectivity index (χ4v) is 6.31. The van der Waals surface area contributed by atoms with Crippen molar-refractivity contribution in [3.05, 3.63) is 100 Å². The summed E-state index contributed by atoms with van der Waals surface area (Å²) in [7, 11) is 4.72. The second kappa shape index (κ2) is 14.2. The minimum atomic E-state index is -0.370. The minimum absolute atomic E-state index is 0.268. The first-order valence-corrected chi connectivity index (χ1v) is 15.6. The molecular formula is C38H43N3O5. The van der Waals surface area contributed by atoms with E-state index in [1.54, 1.807) is 25.2 Å². The Morgan fingerprint density at radius 1 is 0.913 bits per heavy atom. The van der Waals surface area contributed by atoms with Crippen molar-refractivity contribution in [2.45, 2.75) is 52.8 Å². The number of hydrogen-bond acceptors (Lipinski definition) is 7. The van der Waals surface area contributed by atoms with Crippen LogP contribution in [0, 0.1) is 20.8 Å². The Morgan fingerprint density at radius 2 is 1.63 bits per heavy atom. The number of anilines is 1. The molecule has 5 rings (SSSR count). The highest BCUT2D eigenvalue weighted by Gasteiger charge is 2.27. The Hall–Kier alpha value is -4.69. The van der Waals surface area contributed by atoms with Gasteiger partial charge in [-0.25, -0.2) is 9.78 Å². The van der Waals surface area contributed by atoms with Crippen LogP contribution in [0.15, 0.2) is 66.7 Å². The summed E-state index contributed by atoms with van der Waals surface area (Å²) >= 11 is 0.